The number of carbonyl (C=O) groups excluding carboxylic acids is 1. The topological polar surface area (TPSA) is 38.1 Å². The van der Waals surface area contributed by atoms with E-state index < -0.39 is 5.41 Å². The largest absolute Gasteiger partial charge is 0.342 e. The highest BCUT2D eigenvalue weighted by molar-refractivity contribution is 9.10. The molecule has 0 bridgehead atoms. The van der Waals surface area contributed by atoms with E-state index in [4.69, 9.17) is 0 Å². The van der Waals surface area contributed by atoms with Gasteiger partial charge in [-0.3, -0.25) is 9.48 Å². The summed E-state index contributed by atoms with van der Waals surface area (Å²) < 4.78 is 3.00. The molecule has 1 aliphatic heterocycles. The van der Waals surface area contributed by atoms with E-state index in [0.717, 1.165) is 36.8 Å². The van der Waals surface area contributed by atoms with Crippen LogP contribution in [0.4, 0.5) is 0 Å². The Hall–Kier alpha value is -1.10. The van der Waals surface area contributed by atoms with Crippen molar-refractivity contribution in [2.75, 3.05) is 13.1 Å². The third-order valence-corrected chi connectivity index (χ3v) is 4.78. The van der Waals surface area contributed by atoms with Gasteiger partial charge in [0.15, 0.2) is 0 Å². The molecular formula is C15H22BrN3O. The van der Waals surface area contributed by atoms with Crippen molar-refractivity contribution < 1.29 is 4.79 Å². The highest BCUT2D eigenvalue weighted by atomic mass is 79.9. The van der Waals surface area contributed by atoms with Crippen molar-refractivity contribution in [1.82, 2.24) is 14.7 Å². The van der Waals surface area contributed by atoms with Crippen LogP contribution in [0.3, 0.4) is 0 Å². The fourth-order valence-corrected chi connectivity index (χ4v) is 2.89. The van der Waals surface area contributed by atoms with Crippen LogP contribution in [0, 0.1) is 5.41 Å². The van der Waals surface area contributed by atoms with Crippen LogP contribution in [0.25, 0.3) is 0 Å². The Morgan fingerprint density at radius 2 is 2.25 bits per heavy atom. The number of hydrogen-bond donors (Lipinski definition) is 0. The van der Waals surface area contributed by atoms with Gasteiger partial charge >= 0.3 is 0 Å². The van der Waals surface area contributed by atoms with Crippen LogP contribution in [0.15, 0.2) is 29.5 Å². The highest BCUT2D eigenvalue weighted by Crippen LogP contribution is 2.29. The molecule has 0 saturated carbocycles. The molecular weight excluding hydrogens is 318 g/mol. The van der Waals surface area contributed by atoms with E-state index in [0.29, 0.717) is 6.04 Å². The molecule has 1 saturated heterocycles. The second kappa shape index (κ2) is 6.12. The molecule has 0 N–H and O–H groups in total. The number of aromatic nitrogens is 2. The zero-order valence-electron chi connectivity index (χ0n) is 12.2. The maximum absolute atomic E-state index is 12.6. The molecule has 1 aromatic heterocycles. The monoisotopic (exact) mass is 339 g/mol. The Kier molecular flexibility index (Phi) is 4.68. The number of halogens is 1. The Labute approximate surface area is 129 Å². The Bertz CT molecular complexity index is 491. The number of hydrogen-bond acceptors (Lipinski definition) is 2. The van der Waals surface area contributed by atoms with Gasteiger partial charge in [-0.2, -0.15) is 5.10 Å². The van der Waals surface area contributed by atoms with Crippen molar-refractivity contribution in [3.63, 3.8) is 0 Å². The molecule has 2 heterocycles. The van der Waals surface area contributed by atoms with Crippen LogP contribution in [0.1, 0.15) is 39.2 Å². The lowest BCUT2D eigenvalue weighted by molar-refractivity contribution is -0.140. The summed E-state index contributed by atoms with van der Waals surface area (Å²) >= 11 is 3.42. The van der Waals surface area contributed by atoms with E-state index in [1.54, 1.807) is 6.08 Å². The third-order valence-electron chi connectivity index (χ3n) is 4.37. The normalized spacial score (nSPS) is 19.6. The van der Waals surface area contributed by atoms with Gasteiger partial charge in [-0.05, 0) is 42.1 Å². The molecule has 0 spiro atoms. The lowest BCUT2D eigenvalue weighted by atomic mass is 9.85. The van der Waals surface area contributed by atoms with Crippen molar-refractivity contribution >= 4 is 21.8 Å². The summed E-state index contributed by atoms with van der Waals surface area (Å²) in [4.78, 5) is 14.5. The minimum absolute atomic E-state index is 0.204. The molecule has 2 rings (SSSR count). The van der Waals surface area contributed by atoms with Gasteiger partial charge in [-0.25, -0.2) is 0 Å². The van der Waals surface area contributed by atoms with Crippen molar-refractivity contribution in [2.45, 2.75) is 39.2 Å². The average molecular weight is 340 g/mol. The molecule has 1 amide bonds. The van der Waals surface area contributed by atoms with E-state index in [2.05, 4.69) is 27.6 Å². The fraction of sp³-hybridized carbons (Fsp3) is 0.600. The van der Waals surface area contributed by atoms with Gasteiger partial charge in [0, 0.05) is 19.3 Å². The summed E-state index contributed by atoms with van der Waals surface area (Å²) in [6.45, 7) is 9.42. The predicted molar refractivity (Wildman–Crippen MR) is 83.4 cm³/mol. The maximum Gasteiger partial charge on any atom is 0.232 e. The van der Waals surface area contributed by atoms with Gasteiger partial charge in [0.1, 0.15) is 0 Å². The highest BCUT2D eigenvalue weighted by Gasteiger charge is 2.34. The average Bonchev–Trinajstić information content (AvgIpc) is 2.92. The van der Waals surface area contributed by atoms with E-state index in [-0.39, 0.29) is 5.91 Å². The van der Waals surface area contributed by atoms with E-state index >= 15 is 0 Å². The quantitative estimate of drug-likeness (QED) is 0.788. The number of likely N-dealkylation sites (tertiary alicyclic amines) is 1. The molecule has 0 unspecified atom stereocenters. The smallest absolute Gasteiger partial charge is 0.232 e. The molecule has 110 valence electrons. The lowest BCUT2D eigenvalue weighted by Crippen LogP contribution is -2.45. The van der Waals surface area contributed by atoms with E-state index in [9.17, 15) is 4.79 Å². The van der Waals surface area contributed by atoms with E-state index in [1.165, 1.54) is 0 Å². The molecule has 1 aliphatic rings. The van der Waals surface area contributed by atoms with Gasteiger partial charge in [-0.15, -0.1) is 6.58 Å². The van der Waals surface area contributed by atoms with Crippen LogP contribution in [-0.4, -0.2) is 33.7 Å². The van der Waals surface area contributed by atoms with Crippen molar-refractivity contribution in [3.8, 4) is 0 Å². The maximum atomic E-state index is 12.6. The summed E-state index contributed by atoms with van der Waals surface area (Å²) in [5, 5.41) is 4.34. The first-order valence-electron chi connectivity index (χ1n) is 7.13. The molecule has 0 aromatic carbocycles. The number of rotatable bonds is 4. The number of piperidine rings is 1. The zero-order valence-corrected chi connectivity index (χ0v) is 13.8. The van der Waals surface area contributed by atoms with E-state index in [1.807, 2.05) is 35.8 Å². The van der Waals surface area contributed by atoms with Crippen molar-refractivity contribution in [3.05, 3.63) is 29.5 Å². The minimum atomic E-state index is -0.429. The van der Waals surface area contributed by atoms with Crippen LogP contribution in [-0.2, 0) is 4.79 Å². The predicted octanol–water partition coefficient (Wildman–Crippen LogP) is 3.41. The van der Waals surface area contributed by atoms with Crippen LogP contribution >= 0.6 is 15.9 Å². The van der Waals surface area contributed by atoms with Crippen molar-refractivity contribution in [2.24, 2.45) is 5.41 Å². The number of amides is 1. The standard InChI is InChI=1S/C15H22BrN3O/c1-4-15(3,5-2)14(20)18-8-6-13(7-9-18)19-11-12(16)10-17-19/h4,10-11,13H,1,5-9H2,2-3H3/t15-/m0/s1. The van der Waals surface area contributed by atoms with Crippen molar-refractivity contribution in [1.29, 1.82) is 0 Å². The van der Waals surface area contributed by atoms with Gasteiger partial charge < -0.3 is 4.90 Å². The number of nitrogens with zero attached hydrogens (tertiary/aromatic N) is 3. The second-order valence-corrected chi connectivity index (χ2v) is 6.55. The summed E-state index contributed by atoms with van der Waals surface area (Å²) in [7, 11) is 0. The summed E-state index contributed by atoms with van der Waals surface area (Å²) in [5.74, 6) is 0.204. The van der Waals surface area contributed by atoms with Crippen LogP contribution in [0.2, 0.25) is 0 Å². The molecule has 5 heteroatoms. The third kappa shape index (κ3) is 2.97. The summed E-state index contributed by atoms with van der Waals surface area (Å²) in [6, 6.07) is 0.391. The first-order chi connectivity index (χ1) is 9.50. The second-order valence-electron chi connectivity index (χ2n) is 5.64. The Balaban J connectivity index is 1.97. The zero-order chi connectivity index (χ0) is 14.8. The number of carbonyl (C=O) groups is 1. The minimum Gasteiger partial charge on any atom is -0.342 e. The van der Waals surface area contributed by atoms with Gasteiger partial charge in [0.2, 0.25) is 5.91 Å². The SMILES string of the molecule is C=C[C@@](C)(CC)C(=O)N1CCC(n2cc(Br)cn2)CC1. The summed E-state index contributed by atoms with van der Waals surface area (Å²) in [6.07, 6.45) is 8.30. The Morgan fingerprint density at radius 3 is 2.70 bits per heavy atom. The first-order valence-corrected chi connectivity index (χ1v) is 7.92. The van der Waals surface area contributed by atoms with Crippen LogP contribution < -0.4 is 0 Å². The van der Waals surface area contributed by atoms with Gasteiger partial charge in [0.05, 0.1) is 22.1 Å². The molecule has 1 atom stereocenters. The van der Waals surface area contributed by atoms with Gasteiger partial charge in [0.25, 0.3) is 0 Å². The molecule has 0 radical (unpaired) electrons. The molecule has 0 aliphatic carbocycles. The molecule has 20 heavy (non-hydrogen) atoms. The van der Waals surface area contributed by atoms with Crippen LogP contribution in [0.5, 0.6) is 0 Å². The fourth-order valence-electron chi connectivity index (χ4n) is 2.59. The summed E-state index contributed by atoms with van der Waals surface area (Å²) in [5.41, 5.74) is -0.429. The molecule has 1 fully saturated rings. The van der Waals surface area contributed by atoms with Gasteiger partial charge in [-0.1, -0.05) is 13.0 Å². The Morgan fingerprint density at radius 1 is 1.60 bits per heavy atom. The lowest BCUT2D eigenvalue weighted by Gasteiger charge is -2.37. The molecule has 1 aromatic rings. The first kappa shape index (κ1) is 15.3. The molecule has 4 nitrogen and oxygen atoms in total.